The van der Waals surface area contributed by atoms with Crippen molar-refractivity contribution in [2.24, 2.45) is 5.92 Å². The average Bonchev–Trinajstić information content (AvgIpc) is 2.12. The number of carbonyl (C=O) groups excluding carboxylic acids is 1. The fraction of sp³-hybridized carbons (Fsp3) is 0.846. The molecule has 0 aromatic heterocycles. The third-order valence-electron chi connectivity index (χ3n) is 4.61. The number of hydrogen-bond acceptors (Lipinski definition) is 3. The quantitative estimate of drug-likeness (QED) is 0.609. The molecular formula is C13H25NO4Si. The van der Waals surface area contributed by atoms with Crippen molar-refractivity contribution in [2.45, 2.75) is 64.4 Å². The molecule has 19 heavy (non-hydrogen) atoms. The summed E-state index contributed by atoms with van der Waals surface area (Å²) in [5.74, 6) is -1.58. The number of amides is 1. The lowest BCUT2D eigenvalue weighted by atomic mass is 9.84. The number of β-lactam (4-membered cyclic amide) rings is 1. The van der Waals surface area contributed by atoms with Crippen LogP contribution in [0.15, 0.2) is 0 Å². The van der Waals surface area contributed by atoms with E-state index in [2.05, 4.69) is 33.9 Å². The van der Waals surface area contributed by atoms with Crippen molar-refractivity contribution < 1.29 is 19.8 Å². The fourth-order valence-electron chi connectivity index (χ4n) is 2.54. The van der Waals surface area contributed by atoms with Gasteiger partial charge in [0.15, 0.2) is 8.24 Å². The second-order valence-electron chi connectivity index (χ2n) is 6.95. The molecule has 0 aromatic carbocycles. The Hall–Kier alpha value is -0.883. The first-order valence-electron chi connectivity index (χ1n) is 6.64. The zero-order chi connectivity index (χ0) is 15.2. The first kappa shape index (κ1) is 16.2. The molecule has 2 N–H and O–H groups in total. The molecule has 0 aliphatic carbocycles. The van der Waals surface area contributed by atoms with Crippen LogP contribution in [0.3, 0.4) is 0 Å². The minimum Gasteiger partial charge on any atom is -0.481 e. The molecule has 5 nitrogen and oxygen atoms in total. The van der Waals surface area contributed by atoms with Crippen LogP contribution in [-0.4, -0.2) is 47.0 Å². The van der Waals surface area contributed by atoms with Crippen LogP contribution < -0.4 is 0 Å². The molecule has 1 amide bonds. The van der Waals surface area contributed by atoms with Gasteiger partial charge in [0.05, 0.1) is 18.4 Å². The van der Waals surface area contributed by atoms with E-state index >= 15 is 0 Å². The van der Waals surface area contributed by atoms with Gasteiger partial charge in [-0.1, -0.05) is 33.9 Å². The summed E-state index contributed by atoms with van der Waals surface area (Å²) in [6, 6.07) is -0.370. The number of rotatable bonds is 4. The molecule has 1 aliphatic rings. The van der Waals surface area contributed by atoms with Crippen molar-refractivity contribution in [3.63, 3.8) is 0 Å². The number of nitrogens with zero attached hydrogens (tertiary/aromatic N) is 1. The molecule has 3 atom stereocenters. The van der Waals surface area contributed by atoms with Crippen LogP contribution in [0.2, 0.25) is 18.1 Å². The Morgan fingerprint density at radius 3 is 2.21 bits per heavy atom. The Labute approximate surface area is 115 Å². The molecule has 1 heterocycles. The Kier molecular flexibility index (Phi) is 4.17. The van der Waals surface area contributed by atoms with Crippen molar-refractivity contribution in [1.29, 1.82) is 0 Å². The maximum atomic E-state index is 12.3. The summed E-state index contributed by atoms with van der Waals surface area (Å²) in [5, 5.41) is 18.7. The largest absolute Gasteiger partial charge is 0.481 e. The summed E-state index contributed by atoms with van der Waals surface area (Å²) in [6.07, 6.45) is -0.883. The molecule has 1 aliphatic heterocycles. The molecule has 1 rings (SSSR count). The van der Waals surface area contributed by atoms with Crippen LogP contribution in [0.1, 0.15) is 34.1 Å². The van der Waals surface area contributed by atoms with Gasteiger partial charge in [-0.05, 0) is 12.0 Å². The molecule has 0 radical (unpaired) electrons. The minimum absolute atomic E-state index is 0.0386. The van der Waals surface area contributed by atoms with Gasteiger partial charge >= 0.3 is 5.97 Å². The SMILES string of the molecule is C[C@@H](O)[C@H]1C(=O)N([Si](C)(C)C(C)(C)C)[C@@H]1CC(=O)O. The highest BCUT2D eigenvalue weighted by Gasteiger charge is 2.58. The van der Waals surface area contributed by atoms with Gasteiger partial charge in [0.25, 0.3) is 0 Å². The van der Waals surface area contributed by atoms with Crippen molar-refractivity contribution in [3.8, 4) is 0 Å². The van der Waals surface area contributed by atoms with Crippen LogP contribution >= 0.6 is 0 Å². The molecule has 0 aromatic rings. The Morgan fingerprint density at radius 1 is 1.42 bits per heavy atom. The monoisotopic (exact) mass is 287 g/mol. The number of aliphatic carboxylic acids is 1. The molecule has 110 valence electrons. The highest BCUT2D eigenvalue weighted by molar-refractivity contribution is 6.80. The second kappa shape index (κ2) is 4.90. The van der Waals surface area contributed by atoms with Gasteiger partial charge in [-0.3, -0.25) is 9.59 Å². The molecule has 1 saturated heterocycles. The number of hydrogen-bond donors (Lipinski definition) is 2. The normalized spacial score (nSPS) is 26.1. The first-order valence-corrected chi connectivity index (χ1v) is 9.59. The molecule has 0 unspecified atom stereocenters. The summed E-state index contributed by atoms with van der Waals surface area (Å²) in [6.45, 7) is 12.0. The van der Waals surface area contributed by atoms with E-state index in [1.165, 1.54) is 0 Å². The summed E-state index contributed by atoms with van der Waals surface area (Å²) in [5.41, 5.74) is 0. The molecule has 6 heteroatoms. The van der Waals surface area contributed by atoms with Gasteiger partial charge in [-0.15, -0.1) is 0 Å². The van der Waals surface area contributed by atoms with Crippen LogP contribution in [0, 0.1) is 5.92 Å². The third-order valence-corrected chi connectivity index (χ3v) is 10.0. The van der Waals surface area contributed by atoms with E-state index in [1.54, 1.807) is 11.5 Å². The van der Waals surface area contributed by atoms with Gasteiger partial charge in [0.2, 0.25) is 5.91 Å². The van der Waals surface area contributed by atoms with Gasteiger partial charge in [-0.2, -0.15) is 0 Å². The molecule has 1 fully saturated rings. The lowest BCUT2D eigenvalue weighted by molar-refractivity contribution is -0.158. The fourth-order valence-corrected chi connectivity index (χ4v) is 5.05. The van der Waals surface area contributed by atoms with E-state index in [0.717, 1.165) is 0 Å². The first-order chi connectivity index (χ1) is 8.41. The van der Waals surface area contributed by atoms with Gasteiger partial charge in [0.1, 0.15) is 0 Å². The van der Waals surface area contributed by atoms with E-state index in [9.17, 15) is 14.7 Å². The summed E-state index contributed by atoms with van der Waals surface area (Å²) in [4.78, 5) is 23.3. The molecule has 0 spiro atoms. The predicted molar refractivity (Wildman–Crippen MR) is 75.3 cm³/mol. The number of aliphatic hydroxyl groups is 1. The Morgan fingerprint density at radius 2 is 1.89 bits per heavy atom. The number of carbonyl (C=O) groups is 2. The van der Waals surface area contributed by atoms with E-state index in [0.29, 0.717) is 0 Å². The van der Waals surface area contributed by atoms with Crippen LogP contribution in [0.5, 0.6) is 0 Å². The van der Waals surface area contributed by atoms with Crippen LogP contribution in [0.25, 0.3) is 0 Å². The minimum atomic E-state index is -2.09. The number of aliphatic hydroxyl groups excluding tert-OH is 1. The summed E-state index contributed by atoms with van der Waals surface area (Å²) >= 11 is 0. The maximum Gasteiger partial charge on any atom is 0.305 e. The van der Waals surface area contributed by atoms with Crippen molar-refractivity contribution >= 4 is 20.1 Å². The van der Waals surface area contributed by atoms with Crippen molar-refractivity contribution in [1.82, 2.24) is 4.57 Å². The molecular weight excluding hydrogens is 262 g/mol. The summed E-state index contributed by atoms with van der Waals surface area (Å²) in [7, 11) is -2.09. The highest BCUT2D eigenvalue weighted by atomic mass is 28.3. The smallest absolute Gasteiger partial charge is 0.305 e. The van der Waals surface area contributed by atoms with E-state index in [1.807, 2.05) is 0 Å². The Bertz CT molecular complexity index is 387. The van der Waals surface area contributed by atoms with E-state index < -0.39 is 26.2 Å². The standard InChI is InChI=1S/C13H25NO4Si/c1-8(15)11-9(7-10(16)17)14(12(11)18)19(5,6)13(2,3)4/h8-9,11,15H,7H2,1-6H3,(H,16,17)/t8-,9-,11-/m1/s1. The van der Waals surface area contributed by atoms with Crippen molar-refractivity contribution in [3.05, 3.63) is 0 Å². The number of carboxylic acids is 1. The maximum absolute atomic E-state index is 12.3. The zero-order valence-corrected chi connectivity index (χ0v) is 13.6. The lowest BCUT2D eigenvalue weighted by Crippen LogP contribution is -2.74. The Balaban J connectivity index is 3.06. The van der Waals surface area contributed by atoms with E-state index in [4.69, 9.17) is 5.11 Å². The van der Waals surface area contributed by atoms with Crippen LogP contribution in [0.4, 0.5) is 0 Å². The topological polar surface area (TPSA) is 77.8 Å². The van der Waals surface area contributed by atoms with E-state index in [-0.39, 0.29) is 23.4 Å². The van der Waals surface area contributed by atoms with Gasteiger partial charge < -0.3 is 14.8 Å². The van der Waals surface area contributed by atoms with Gasteiger partial charge in [-0.25, -0.2) is 0 Å². The van der Waals surface area contributed by atoms with Gasteiger partial charge in [0, 0.05) is 6.04 Å². The van der Waals surface area contributed by atoms with Crippen LogP contribution in [-0.2, 0) is 9.59 Å². The highest BCUT2D eigenvalue weighted by Crippen LogP contribution is 2.46. The lowest BCUT2D eigenvalue weighted by Gasteiger charge is -2.58. The molecule has 0 bridgehead atoms. The third kappa shape index (κ3) is 2.69. The molecule has 0 saturated carbocycles. The van der Waals surface area contributed by atoms with Crippen molar-refractivity contribution in [2.75, 3.05) is 0 Å². The number of carboxylic acid groups (broad SMARTS) is 1. The summed E-state index contributed by atoms with van der Waals surface area (Å²) < 4.78 is 1.78. The predicted octanol–water partition coefficient (Wildman–Crippen LogP) is 1.67. The zero-order valence-electron chi connectivity index (χ0n) is 12.6. The second-order valence-corrected chi connectivity index (χ2v) is 12.0. The average molecular weight is 287 g/mol.